The molecule has 0 aliphatic carbocycles. The molecule has 0 amide bonds. The smallest absolute Gasteiger partial charge is 0.135 e. The van der Waals surface area contributed by atoms with E-state index < -0.39 is 0 Å². The second kappa shape index (κ2) is 4.80. The predicted octanol–water partition coefficient (Wildman–Crippen LogP) is 3.42. The first-order valence-electron chi connectivity index (χ1n) is 5.49. The number of aryl methyl sites for hydroxylation is 2. The Balaban J connectivity index is 2.80. The number of furan rings is 1. The number of hydrogen-bond acceptors (Lipinski definition) is 3. The standard InChI is InChI=1S/C13H16BrNO2/c1-7-4-10-12(8(2)13(7)14)9(6-16-3)11(5-15)17-10/h4H,5-6,15H2,1-3H3. The molecule has 1 aromatic carbocycles. The molecule has 4 heteroatoms. The highest BCUT2D eigenvalue weighted by Crippen LogP contribution is 2.35. The summed E-state index contributed by atoms with van der Waals surface area (Å²) in [5.41, 5.74) is 9.99. The molecule has 0 aliphatic heterocycles. The number of nitrogens with two attached hydrogens (primary N) is 1. The van der Waals surface area contributed by atoms with Gasteiger partial charge in [0.2, 0.25) is 0 Å². The lowest BCUT2D eigenvalue weighted by molar-refractivity contribution is 0.184. The minimum absolute atomic E-state index is 0.392. The van der Waals surface area contributed by atoms with Gasteiger partial charge in [0.15, 0.2) is 0 Å². The SMILES string of the molecule is COCc1c(CN)oc2cc(C)c(Br)c(C)c12. The Morgan fingerprint density at radius 2 is 2.12 bits per heavy atom. The Kier molecular flexibility index (Phi) is 3.56. The van der Waals surface area contributed by atoms with Crippen LogP contribution in [0.1, 0.15) is 22.5 Å². The third-order valence-corrected chi connectivity index (χ3v) is 4.21. The molecule has 0 saturated carbocycles. The zero-order valence-electron chi connectivity index (χ0n) is 10.3. The lowest BCUT2D eigenvalue weighted by atomic mass is 10.0. The summed E-state index contributed by atoms with van der Waals surface area (Å²) in [6.07, 6.45) is 0. The first kappa shape index (κ1) is 12.6. The highest BCUT2D eigenvalue weighted by atomic mass is 79.9. The Hall–Kier alpha value is -0.840. The van der Waals surface area contributed by atoms with Crippen LogP contribution in [0.2, 0.25) is 0 Å². The summed E-state index contributed by atoms with van der Waals surface area (Å²) < 4.78 is 12.1. The average Bonchev–Trinajstić information content (AvgIpc) is 2.65. The lowest BCUT2D eigenvalue weighted by Crippen LogP contribution is -1.99. The minimum Gasteiger partial charge on any atom is -0.459 e. The maximum atomic E-state index is 5.79. The molecule has 0 bridgehead atoms. The molecule has 17 heavy (non-hydrogen) atoms. The van der Waals surface area contributed by atoms with Gasteiger partial charge in [0.25, 0.3) is 0 Å². The number of methoxy groups -OCH3 is 1. The number of ether oxygens (including phenoxy) is 1. The summed E-state index contributed by atoms with van der Waals surface area (Å²) in [4.78, 5) is 0. The molecule has 2 rings (SSSR count). The zero-order valence-corrected chi connectivity index (χ0v) is 11.8. The monoisotopic (exact) mass is 297 g/mol. The van der Waals surface area contributed by atoms with E-state index in [-0.39, 0.29) is 0 Å². The van der Waals surface area contributed by atoms with Gasteiger partial charge in [-0.2, -0.15) is 0 Å². The first-order chi connectivity index (χ1) is 8.10. The van der Waals surface area contributed by atoms with Gasteiger partial charge in [0.05, 0.1) is 13.2 Å². The van der Waals surface area contributed by atoms with Crippen LogP contribution >= 0.6 is 15.9 Å². The van der Waals surface area contributed by atoms with Crippen molar-refractivity contribution in [3.05, 3.63) is 33.0 Å². The van der Waals surface area contributed by atoms with E-state index in [0.29, 0.717) is 13.2 Å². The summed E-state index contributed by atoms with van der Waals surface area (Å²) >= 11 is 3.60. The maximum absolute atomic E-state index is 5.79. The normalized spacial score (nSPS) is 11.4. The van der Waals surface area contributed by atoms with Crippen LogP contribution in [-0.2, 0) is 17.9 Å². The second-order valence-electron chi connectivity index (χ2n) is 4.15. The van der Waals surface area contributed by atoms with Gasteiger partial charge in [0, 0.05) is 22.5 Å². The van der Waals surface area contributed by atoms with Crippen LogP contribution in [0, 0.1) is 13.8 Å². The van der Waals surface area contributed by atoms with Crippen LogP contribution in [0.5, 0.6) is 0 Å². The van der Waals surface area contributed by atoms with Crippen molar-refractivity contribution in [1.29, 1.82) is 0 Å². The van der Waals surface area contributed by atoms with Crippen LogP contribution in [-0.4, -0.2) is 7.11 Å². The maximum Gasteiger partial charge on any atom is 0.135 e. The van der Waals surface area contributed by atoms with E-state index in [2.05, 4.69) is 29.8 Å². The molecule has 0 aliphatic rings. The van der Waals surface area contributed by atoms with E-state index in [4.69, 9.17) is 14.9 Å². The molecule has 0 saturated heterocycles. The van der Waals surface area contributed by atoms with Crippen LogP contribution in [0.3, 0.4) is 0 Å². The number of hydrogen-bond donors (Lipinski definition) is 1. The number of halogens is 1. The summed E-state index contributed by atoms with van der Waals surface area (Å²) in [7, 11) is 1.68. The van der Waals surface area contributed by atoms with Gasteiger partial charge in [-0.15, -0.1) is 0 Å². The number of benzene rings is 1. The van der Waals surface area contributed by atoms with Crippen molar-refractivity contribution >= 4 is 26.9 Å². The minimum atomic E-state index is 0.392. The molecule has 1 aromatic heterocycles. The van der Waals surface area contributed by atoms with Gasteiger partial charge in [-0.05, 0) is 31.0 Å². The molecule has 0 unspecified atom stereocenters. The largest absolute Gasteiger partial charge is 0.459 e. The third kappa shape index (κ3) is 2.01. The molecule has 0 fully saturated rings. The van der Waals surface area contributed by atoms with Gasteiger partial charge < -0.3 is 14.9 Å². The van der Waals surface area contributed by atoms with Crippen molar-refractivity contribution in [3.63, 3.8) is 0 Å². The van der Waals surface area contributed by atoms with E-state index in [0.717, 1.165) is 32.3 Å². The highest BCUT2D eigenvalue weighted by Gasteiger charge is 2.17. The van der Waals surface area contributed by atoms with Gasteiger partial charge in [-0.25, -0.2) is 0 Å². The molecule has 1 heterocycles. The molecular formula is C13H16BrNO2. The van der Waals surface area contributed by atoms with Gasteiger partial charge in [-0.3, -0.25) is 0 Å². The van der Waals surface area contributed by atoms with Crippen LogP contribution in [0.4, 0.5) is 0 Å². The van der Waals surface area contributed by atoms with E-state index in [1.807, 2.05) is 6.07 Å². The Labute approximate surface area is 109 Å². The second-order valence-corrected chi connectivity index (χ2v) is 4.94. The van der Waals surface area contributed by atoms with Crippen molar-refractivity contribution in [3.8, 4) is 0 Å². The fourth-order valence-corrected chi connectivity index (χ4v) is 2.49. The van der Waals surface area contributed by atoms with Crippen molar-refractivity contribution in [2.75, 3.05) is 7.11 Å². The van der Waals surface area contributed by atoms with Crippen molar-refractivity contribution in [2.24, 2.45) is 5.73 Å². The highest BCUT2D eigenvalue weighted by molar-refractivity contribution is 9.10. The fraction of sp³-hybridized carbons (Fsp3) is 0.385. The van der Waals surface area contributed by atoms with E-state index in [9.17, 15) is 0 Å². The summed E-state index contributed by atoms with van der Waals surface area (Å²) in [5, 5.41) is 1.12. The summed E-state index contributed by atoms with van der Waals surface area (Å²) in [6.45, 7) is 5.05. The quantitative estimate of drug-likeness (QED) is 0.944. The summed E-state index contributed by atoms with van der Waals surface area (Å²) in [6, 6.07) is 2.03. The molecule has 2 aromatic rings. The Morgan fingerprint density at radius 3 is 2.71 bits per heavy atom. The van der Waals surface area contributed by atoms with E-state index in [1.165, 1.54) is 5.56 Å². The average molecular weight is 298 g/mol. The molecular weight excluding hydrogens is 282 g/mol. The molecule has 0 radical (unpaired) electrons. The van der Waals surface area contributed by atoms with Crippen molar-refractivity contribution in [2.45, 2.75) is 27.0 Å². The molecule has 92 valence electrons. The predicted molar refractivity (Wildman–Crippen MR) is 72.0 cm³/mol. The number of rotatable bonds is 3. The molecule has 3 nitrogen and oxygen atoms in total. The van der Waals surface area contributed by atoms with Crippen molar-refractivity contribution in [1.82, 2.24) is 0 Å². The van der Waals surface area contributed by atoms with Gasteiger partial charge in [0.1, 0.15) is 11.3 Å². The number of fused-ring (bicyclic) bond motifs is 1. The van der Waals surface area contributed by atoms with Crippen LogP contribution < -0.4 is 5.73 Å². The van der Waals surface area contributed by atoms with E-state index in [1.54, 1.807) is 7.11 Å². The van der Waals surface area contributed by atoms with Crippen LogP contribution in [0.15, 0.2) is 15.0 Å². The fourth-order valence-electron chi connectivity index (χ4n) is 2.17. The zero-order chi connectivity index (χ0) is 12.6. The van der Waals surface area contributed by atoms with Crippen molar-refractivity contribution < 1.29 is 9.15 Å². The lowest BCUT2D eigenvalue weighted by Gasteiger charge is -2.05. The molecule has 2 N–H and O–H groups in total. The first-order valence-corrected chi connectivity index (χ1v) is 6.28. The third-order valence-electron chi connectivity index (χ3n) is 2.99. The van der Waals surface area contributed by atoms with Gasteiger partial charge in [-0.1, -0.05) is 15.9 Å². The van der Waals surface area contributed by atoms with E-state index >= 15 is 0 Å². The van der Waals surface area contributed by atoms with Crippen LogP contribution in [0.25, 0.3) is 11.0 Å². The molecule has 0 spiro atoms. The summed E-state index contributed by atoms with van der Waals surface area (Å²) in [5.74, 6) is 0.808. The Morgan fingerprint density at radius 1 is 1.41 bits per heavy atom. The molecule has 0 atom stereocenters. The Bertz CT molecular complexity index is 560. The van der Waals surface area contributed by atoms with Gasteiger partial charge >= 0.3 is 0 Å². The topological polar surface area (TPSA) is 48.4 Å².